The first-order valence-corrected chi connectivity index (χ1v) is 5.95. The third kappa shape index (κ3) is 2.92. The Kier molecular flexibility index (Phi) is 3.58. The van der Waals surface area contributed by atoms with Crippen molar-refractivity contribution in [1.29, 1.82) is 0 Å². The van der Waals surface area contributed by atoms with Crippen molar-refractivity contribution in [3.8, 4) is 0 Å². The third-order valence-corrected chi connectivity index (χ3v) is 3.43. The summed E-state index contributed by atoms with van der Waals surface area (Å²) in [6.45, 7) is 2.58. The summed E-state index contributed by atoms with van der Waals surface area (Å²) in [5.74, 6) is -0.118. The first-order chi connectivity index (χ1) is 7.25. The van der Waals surface area contributed by atoms with Crippen molar-refractivity contribution >= 4 is 28.6 Å². The van der Waals surface area contributed by atoms with E-state index in [9.17, 15) is 4.79 Å². The van der Waals surface area contributed by atoms with Gasteiger partial charge in [0.2, 0.25) is 0 Å². The average Bonchev–Trinajstić information content (AvgIpc) is 2.22. The molecular formula is C11H12INO2. The van der Waals surface area contributed by atoms with E-state index < -0.39 is 0 Å². The molecule has 1 aromatic carbocycles. The number of esters is 1. The standard InChI is InChI=1S/C11H12INO2/c12-10-4-2-1-3-9(10)7-13-5-6-15-11(14)8-13/h1-4H,5-8H2. The highest BCUT2D eigenvalue weighted by atomic mass is 127. The van der Waals surface area contributed by atoms with E-state index in [-0.39, 0.29) is 5.97 Å². The monoisotopic (exact) mass is 317 g/mol. The molecule has 0 amide bonds. The average molecular weight is 317 g/mol. The molecule has 0 aliphatic carbocycles. The van der Waals surface area contributed by atoms with Crippen molar-refractivity contribution < 1.29 is 9.53 Å². The number of carbonyl (C=O) groups excluding carboxylic acids is 1. The van der Waals surface area contributed by atoms with Crippen molar-refractivity contribution in [3.05, 3.63) is 33.4 Å². The number of halogens is 1. The Morgan fingerprint density at radius 2 is 2.20 bits per heavy atom. The van der Waals surface area contributed by atoms with Crippen LogP contribution in [0.3, 0.4) is 0 Å². The van der Waals surface area contributed by atoms with Gasteiger partial charge in [0.15, 0.2) is 0 Å². The predicted molar refractivity (Wildman–Crippen MR) is 65.4 cm³/mol. The van der Waals surface area contributed by atoms with Gasteiger partial charge in [0.1, 0.15) is 6.61 Å². The number of benzene rings is 1. The molecule has 0 aromatic heterocycles. The van der Waals surface area contributed by atoms with Crippen LogP contribution in [0.4, 0.5) is 0 Å². The van der Waals surface area contributed by atoms with Crippen LogP contribution in [0, 0.1) is 3.57 Å². The maximum atomic E-state index is 11.1. The SMILES string of the molecule is O=C1CN(Cc2ccccc2I)CCO1. The van der Waals surface area contributed by atoms with Crippen molar-refractivity contribution in [2.24, 2.45) is 0 Å². The molecule has 0 bridgehead atoms. The minimum absolute atomic E-state index is 0.118. The first kappa shape index (κ1) is 10.9. The van der Waals surface area contributed by atoms with Crippen LogP contribution in [0.15, 0.2) is 24.3 Å². The predicted octanol–water partition coefficient (Wildman–Crippen LogP) is 1.65. The zero-order chi connectivity index (χ0) is 10.7. The highest BCUT2D eigenvalue weighted by molar-refractivity contribution is 14.1. The van der Waals surface area contributed by atoms with E-state index >= 15 is 0 Å². The van der Waals surface area contributed by atoms with Crippen molar-refractivity contribution in [3.63, 3.8) is 0 Å². The molecule has 1 aliphatic heterocycles. The molecule has 4 heteroatoms. The lowest BCUT2D eigenvalue weighted by Crippen LogP contribution is -2.39. The summed E-state index contributed by atoms with van der Waals surface area (Å²) < 4.78 is 6.14. The zero-order valence-corrected chi connectivity index (χ0v) is 10.4. The molecular weight excluding hydrogens is 305 g/mol. The Hall–Kier alpha value is -0.620. The van der Waals surface area contributed by atoms with Gasteiger partial charge >= 0.3 is 5.97 Å². The van der Waals surface area contributed by atoms with Gasteiger partial charge in [-0.15, -0.1) is 0 Å². The van der Waals surface area contributed by atoms with Gasteiger partial charge in [0.05, 0.1) is 6.54 Å². The van der Waals surface area contributed by atoms with Gasteiger partial charge in [-0.3, -0.25) is 9.69 Å². The van der Waals surface area contributed by atoms with Crippen LogP contribution in [0.1, 0.15) is 5.56 Å². The maximum Gasteiger partial charge on any atom is 0.320 e. The second-order valence-corrected chi connectivity index (χ2v) is 4.68. The van der Waals surface area contributed by atoms with Crippen LogP contribution in [-0.2, 0) is 16.1 Å². The van der Waals surface area contributed by atoms with Gasteiger partial charge in [0, 0.05) is 16.7 Å². The van der Waals surface area contributed by atoms with Crippen LogP contribution in [0.2, 0.25) is 0 Å². The molecule has 15 heavy (non-hydrogen) atoms. The number of morpholine rings is 1. The summed E-state index contributed by atoms with van der Waals surface area (Å²) in [5.41, 5.74) is 1.27. The van der Waals surface area contributed by atoms with E-state index in [4.69, 9.17) is 4.74 Å². The van der Waals surface area contributed by atoms with E-state index in [1.54, 1.807) is 0 Å². The van der Waals surface area contributed by atoms with Crippen LogP contribution in [-0.4, -0.2) is 30.6 Å². The number of carbonyl (C=O) groups is 1. The van der Waals surface area contributed by atoms with Crippen molar-refractivity contribution in [1.82, 2.24) is 4.90 Å². The summed E-state index contributed by atoms with van der Waals surface area (Å²) >= 11 is 2.32. The second kappa shape index (κ2) is 4.94. The van der Waals surface area contributed by atoms with E-state index in [0.717, 1.165) is 13.1 Å². The van der Waals surface area contributed by atoms with Crippen LogP contribution in [0.25, 0.3) is 0 Å². The fraction of sp³-hybridized carbons (Fsp3) is 0.364. The number of rotatable bonds is 2. The topological polar surface area (TPSA) is 29.5 Å². The molecule has 0 spiro atoms. The molecule has 0 unspecified atom stereocenters. The van der Waals surface area contributed by atoms with Gasteiger partial charge in [-0.2, -0.15) is 0 Å². The molecule has 0 N–H and O–H groups in total. The van der Waals surface area contributed by atoms with Gasteiger partial charge < -0.3 is 4.74 Å². The number of hydrogen-bond donors (Lipinski definition) is 0. The van der Waals surface area contributed by atoms with Crippen molar-refractivity contribution in [2.45, 2.75) is 6.54 Å². The molecule has 0 atom stereocenters. The Morgan fingerprint density at radius 3 is 2.93 bits per heavy atom. The van der Waals surface area contributed by atoms with Crippen LogP contribution < -0.4 is 0 Å². The summed E-state index contributed by atoms with van der Waals surface area (Å²) in [6.07, 6.45) is 0. The summed E-state index contributed by atoms with van der Waals surface area (Å²) in [4.78, 5) is 13.2. The molecule has 0 radical (unpaired) electrons. The lowest BCUT2D eigenvalue weighted by molar-refractivity contribution is -0.150. The highest BCUT2D eigenvalue weighted by Crippen LogP contribution is 2.14. The quantitative estimate of drug-likeness (QED) is 0.614. The highest BCUT2D eigenvalue weighted by Gasteiger charge is 2.18. The zero-order valence-electron chi connectivity index (χ0n) is 8.28. The minimum atomic E-state index is -0.118. The summed E-state index contributed by atoms with van der Waals surface area (Å²) in [6, 6.07) is 8.23. The van der Waals surface area contributed by atoms with Crippen LogP contribution >= 0.6 is 22.6 Å². The normalized spacial score (nSPS) is 17.5. The lowest BCUT2D eigenvalue weighted by atomic mass is 10.2. The van der Waals surface area contributed by atoms with E-state index in [0.29, 0.717) is 13.2 Å². The molecule has 1 saturated heterocycles. The smallest absolute Gasteiger partial charge is 0.320 e. The Morgan fingerprint density at radius 1 is 1.40 bits per heavy atom. The second-order valence-electron chi connectivity index (χ2n) is 3.52. The molecule has 1 aromatic rings. The Balaban J connectivity index is 2.02. The number of nitrogens with zero attached hydrogens (tertiary/aromatic N) is 1. The van der Waals surface area contributed by atoms with E-state index in [1.165, 1.54) is 9.13 Å². The Bertz CT molecular complexity index is 367. The third-order valence-electron chi connectivity index (χ3n) is 2.38. The lowest BCUT2D eigenvalue weighted by Gasteiger charge is -2.25. The first-order valence-electron chi connectivity index (χ1n) is 4.87. The number of ether oxygens (including phenoxy) is 1. The maximum absolute atomic E-state index is 11.1. The largest absolute Gasteiger partial charge is 0.463 e. The van der Waals surface area contributed by atoms with Gasteiger partial charge in [0.25, 0.3) is 0 Å². The molecule has 2 rings (SSSR count). The fourth-order valence-electron chi connectivity index (χ4n) is 1.60. The molecule has 1 aliphatic rings. The Labute approximate surface area is 103 Å². The van der Waals surface area contributed by atoms with Gasteiger partial charge in [-0.05, 0) is 34.2 Å². The molecule has 0 saturated carbocycles. The molecule has 1 heterocycles. The van der Waals surface area contributed by atoms with Crippen LogP contribution in [0.5, 0.6) is 0 Å². The van der Waals surface area contributed by atoms with Crippen molar-refractivity contribution in [2.75, 3.05) is 19.7 Å². The van der Waals surface area contributed by atoms with E-state index in [2.05, 4.69) is 39.6 Å². The summed E-state index contributed by atoms with van der Waals surface area (Å²) in [5, 5.41) is 0. The van der Waals surface area contributed by atoms with Gasteiger partial charge in [-0.25, -0.2) is 0 Å². The molecule has 3 nitrogen and oxygen atoms in total. The van der Waals surface area contributed by atoms with Gasteiger partial charge in [-0.1, -0.05) is 18.2 Å². The summed E-state index contributed by atoms with van der Waals surface area (Å²) in [7, 11) is 0. The number of cyclic esters (lactones) is 1. The fourth-order valence-corrected chi connectivity index (χ4v) is 2.16. The number of hydrogen-bond acceptors (Lipinski definition) is 3. The molecule has 1 fully saturated rings. The molecule has 80 valence electrons. The van der Waals surface area contributed by atoms with E-state index in [1.807, 2.05) is 12.1 Å². The minimum Gasteiger partial charge on any atom is -0.463 e.